The number of benzene rings is 2. The second-order valence-electron chi connectivity index (χ2n) is 5.42. The third-order valence-corrected chi connectivity index (χ3v) is 3.98. The van der Waals surface area contributed by atoms with E-state index in [1.807, 2.05) is 31.2 Å². The van der Waals surface area contributed by atoms with Crippen LogP contribution in [0.3, 0.4) is 0 Å². The number of hydrogen-bond acceptors (Lipinski definition) is 2. The van der Waals surface area contributed by atoms with Gasteiger partial charge in [0.25, 0.3) is 0 Å². The van der Waals surface area contributed by atoms with Crippen molar-refractivity contribution < 1.29 is 18.6 Å². The highest BCUT2D eigenvalue weighted by molar-refractivity contribution is 5.36. The Morgan fingerprint density at radius 2 is 1.76 bits per heavy atom. The summed E-state index contributed by atoms with van der Waals surface area (Å²) in [6.45, 7) is 2.03. The van der Waals surface area contributed by atoms with Crippen LogP contribution in [0.4, 0.5) is 8.78 Å². The summed E-state index contributed by atoms with van der Waals surface area (Å²) in [4.78, 5) is 0. The summed E-state index contributed by atoms with van der Waals surface area (Å²) in [7, 11) is 0. The standard InChI is InChI=1S/C17H16F2O2/c1-10-9-15(17(20)12-6-3-2-5-11(10)12)21-14-8-4-7-13(18)16(14)19/h2-8,10,15,17,20H,9H2,1H3. The van der Waals surface area contributed by atoms with Crippen molar-refractivity contribution >= 4 is 0 Å². The van der Waals surface area contributed by atoms with Crippen LogP contribution in [-0.4, -0.2) is 11.2 Å². The van der Waals surface area contributed by atoms with Crippen molar-refractivity contribution in [2.24, 2.45) is 0 Å². The monoisotopic (exact) mass is 290 g/mol. The molecule has 0 saturated carbocycles. The molecule has 0 bridgehead atoms. The highest BCUT2D eigenvalue weighted by Crippen LogP contribution is 2.39. The summed E-state index contributed by atoms with van der Waals surface area (Å²) in [5.74, 6) is -1.95. The highest BCUT2D eigenvalue weighted by Gasteiger charge is 2.33. The number of hydrogen-bond donors (Lipinski definition) is 1. The minimum absolute atomic E-state index is 0.161. The van der Waals surface area contributed by atoms with Gasteiger partial charge in [0.1, 0.15) is 12.2 Å². The first kappa shape index (κ1) is 14.0. The molecule has 4 heteroatoms. The molecule has 0 aromatic heterocycles. The van der Waals surface area contributed by atoms with E-state index in [2.05, 4.69) is 0 Å². The highest BCUT2D eigenvalue weighted by atomic mass is 19.2. The third kappa shape index (κ3) is 2.51. The lowest BCUT2D eigenvalue weighted by atomic mass is 9.80. The maximum atomic E-state index is 13.7. The number of ether oxygens (including phenoxy) is 1. The van der Waals surface area contributed by atoms with Gasteiger partial charge in [-0.15, -0.1) is 0 Å². The van der Waals surface area contributed by atoms with Gasteiger partial charge in [0.05, 0.1) is 0 Å². The quantitative estimate of drug-likeness (QED) is 0.907. The van der Waals surface area contributed by atoms with Crippen LogP contribution in [0.1, 0.15) is 36.5 Å². The molecule has 3 unspecified atom stereocenters. The normalized spacial score (nSPS) is 24.5. The van der Waals surface area contributed by atoms with E-state index in [0.717, 1.165) is 17.2 Å². The molecule has 0 aliphatic heterocycles. The van der Waals surface area contributed by atoms with Crippen molar-refractivity contribution in [2.75, 3.05) is 0 Å². The van der Waals surface area contributed by atoms with E-state index in [1.54, 1.807) is 0 Å². The average Bonchev–Trinajstić information content (AvgIpc) is 2.49. The first-order valence-electron chi connectivity index (χ1n) is 6.95. The Hall–Kier alpha value is -1.94. The van der Waals surface area contributed by atoms with Crippen molar-refractivity contribution in [3.8, 4) is 5.75 Å². The van der Waals surface area contributed by atoms with Crippen LogP contribution in [-0.2, 0) is 0 Å². The zero-order chi connectivity index (χ0) is 15.0. The van der Waals surface area contributed by atoms with Crippen molar-refractivity contribution in [3.63, 3.8) is 0 Å². The van der Waals surface area contributed by atoms with Crippen LogP contribution in [0.5, 0.6) is 5.75 Å². The van der Waals surface area contributed by atoms with Gasteiger partial charge in [0, 0.05) is 0 Å². The first-order chi connectivity index (χ1) is 10.1. The molecule has 0 heterocycles. The molecule has 3 rings (SSSR count). The Morgan fingerprint density at radius 1 is 1.05 bits per heavy atom. The number of halogens is 2. The second kappa shape index (κ2) is 5.45. The van der Waals surface area contributed by atoms with E-state index in [1.165, 1.54) is 12.1 Å². The van der Waals surface area contributed by atoms with Crippen LogP contribution in [0.25, 0.3) is 0 Å². The summed E-state index contributed by atoms with van der Waals surface area (Å²) in [5, 5.41) is 10.4. The molecular formula is C17H16F2O2. The molecule has 3 atom stereocenters. The van der Waals surface area contributed by atoms with Crippen LogP contribution in [0, 0.1) is 11.6 Å². The Labute approximate surface area is 122 Å². The number of fused-ring (bicyclic) bond motifs is 1. The van der Waals surface area contributed by atoms with Gasteiger partial charge in [-0.05, 0) is 35.6 Å². The molecule has 1 aliphatic rings. The SMILES string of the molecule is CC1CC(Oc2cccc(F)c2F)C(O)c2ccccc21. The fourth-order valence-corrected chi connectivity index (χ4v) is 2.88. The summed E-state index contributed by atoms with van der Waals surface area (Å²) in [6, 6.07) is 11.4. The number of aliphatic hydroxyl groups is 1. The molecule has 2 aromatic carbocycles. The molecule has 2 nitrogen and oxygen atoms in total. The molecule has 0 amide bonds. The second-order valence-corrected chi connectivity index (χ2v) is 5.42. The minimum Gasteiger partial charge on any atom is -0.484 e. The average molecular weight is 290 g/mol. The Bertz CT molecular complexity index is 657. The lowest BCUT2D eigenvalue weighted by Crippen LogP contribution is -2.32. The minimum atomic E-state index is -1.02. The summed E-state index contributed by atoms with van der Waals surface area (Å²) >= 11 is 0. The van der Waals surface area contributed by atoms with E-state index in [0.29, 0.717) is 6.42 Å². The molecule has 1 aliphatic carbocycles. The van der Waals surface area contributed by atoms with Crippen LogP contribution in [0.2, 0.25) is 0 Å². The van der Waals surface area contributed by atoms with Gasteiger partial charge in [-0.1, -0.05) is 37.3 Å². The van der Waals surface area contributed by atoms with Gasteiger partial charge in [-0.25, -0.2) is 4.39 Å². The largest absolute Gasteiger partial charge is 0.484 e. The predicted molar refractivity (Wildman–Crippen MR) is 75.2 cm³/mol. The van der Waals surface area contributed by atoms with Gasteiger partial charge in [0.2, 0.25) is 5.82 Å². The van der Waals surface area contributed by atoms with Crippen molar-refractivity contribution in [2.45, 2.75) is 31.5 Å². The Kier molecular flexibility index (Phi) is 3.64. The molecule has 110 valence electrons. The maximum Gasteiger partial charge on any atom is 0.200 e. The summed E-state index contributed by atoms with van der Waals surface area (Å²) < 4.78 is 32.5. The van der Waals surface area contributed by atoms with E-state index < -0.39 is 23.8 Å². The van der Waals surface area contributed by atoms with E-state index in [9.17, 15) is 13.9 Å². The molecule has 2 aromatic rings. The van der Waals surface area contributed by atoms with Crippen molar-refractivity contribution in [1.29, 1.82) is 0 Å². The van der Waals surface area contributed by atoms with Gasteiger partial charge in [-0.2, -0.15) is 4.39 Å². The number of rotatable bonds is 2. The van der Waals surface area contributed by atoms with Crippen molar-refractivity contribution in [3.05, 3.63) is 65.2 Å². The molecular weight excluding hydrogens is 274 g/mol. The van der Waals surface area contributed by atoms with Gasteiger partial charge < -0.3 is 9.84 Å². The van der Waals surface area contributed by atoms with Crippen LogP contribution >= 0.6 is 0 Å². The zero-order valence-corrected chi connectivity index (χ0v) is 11.6. The molecule has 0 radical (unpaired) electrons. The fourth-order valence-electron chi connectivity index (χ4n) is 2.88. The maximum absolute atomic E-state index is 13.7. The predicted octanol–water partition coefficient (Wildman–Crippen LogP) is 3.95. The van der Waals surface area contributed by atoms with E-state index >= 15 is 0 Å². The third-order valence-electron chi connectivity index (χ3n) is 3.98. The smallest absolute Gasteiger partial charge is 0.200 e. The Morgan fingerprint density at radius 3 is 2.52 bits per heavy atom. The first-order valence-corrected chi connectivity index (χ1v) is 6.95. The van der Waals surface area contributed by atoms with E-state index in [-0.39, 0.29) is 11.7 Å². The summed E-state index contributed by atoms with van der Waals surface area (Å²) in [6.07, 6.45) is -0.889. The zero-order valence-electron chi connectivity index (χ0n) is 11.6. The van der Waals surface area contributed by atoms with Gasteiger partial charge >= 0.3 is 0 Å². The topological polar surface area (TPSA) is 29.5 Å². The lowest BCUT2D eigenvalue weighted by Gasteiger charge is -2.34. The Balaban J connectivity index is 1.89. The van der Waals surface area contributed by atoms with Crippen LogP contribution < -0.4 is 4.74 Å². The fraction of sp³-hybridized carbons (Fsp3) is 0.294. The molecule has 21 heavy (non-hydrogen) atoms. The molecule has 0 fully saturated rings. The molecule has 0 spiro atoms. The van der Waals surface area contributed by atoms with Gasteiger partial charge in [-0.3, -0.25) is 0 Å². The molecule has 0 saturated heterocycles. The van der Waals surface area contributed by atoms with Crippen molar-refractivity contribution in [1.82, 2.24) is 0 Å². The van der Waals surface area contributed by atoms with E-state index in [4.69, 9.17) is 4.74 Å². The van der Waals surface area contributed by atoms with Gasteiger partial charge in [0.15, 0.2) is 11.6 Å². The van der Waals surface area contributed by atoms with Crippen LogP contribution in [0.15, 0.2) is 42.5 Å². The summed E-state index contributed by atoms with van der Waals surface area (Å²) in [5.41, 5.74) is 1.86. The molecule has 1 N–H and O–H groups in total. The lowest BCUT2D eigenvalue weighted by molar-refractivity contribution is 0.0155. The number of aliphatic hydroxyl groups excluding tert-OH is 1.